The van der Waals surface area contributed by atoms with E-state index in [0.29, 0.717) is 3.57 Å². The van der Waals surface area contributed by atoms with Crippen molar-refractivity contribution in [1.82, 2.24) is 0 Å². The van der Waals surface area contributed by atoms with Crippen molar-refractivity contribution in [3.63, 3.8) is 0 Å². The summed E-state index contributed by atoms with van der Waals surface area (Å²) in [5.41, 5.74) is 0.999. The molecule has 0 atom stereocenters. The number of halogens is 5. The van der Waals surface area contributed by atoms with Crippen molar-refractivity contribution >= 4 is 56.8 Å². The summed E-state index contributed by atoms with van der Waals surface area (Å²) in [5, 5.41) is 1.84. The number of benzene rings is 1. The molecule has 0 spiro atoms. The minimum Gasteiger partial charge on any atom is -0.317 e. The molecule has 0 aliphatic heterocycles. The van der Waals surface area contributed by atoms with Crippen molar-refractivity contribution in [2.24, 2.45) is 0 Å². The van der Waals surface area contributed by atoms with Crippen LogP contribution < -0.4 is 5.32 Å². The van der Waals surface area contributed by atoms with E-state index in [9.17, 15) is 18.0 Å². The second-order valence-electron chi connectivity index (χ2n) is 3.03. The van der Waals surface area contributed by atoms with Gasteiger partial charge in [0.15, 0.2) is 0 Å². The van der Waals surface area contributed by atoms with Gasteiger partial charge in [0.1, 0.15) is 0 Å². The van der Waals surface area contributed by atoms with Gasteiger partial charge in [-0.1, -0.05) is 0 Å². The van der Waals surface area contributed by atoms with Gasteiger partial charge in [-0.2, -0.15) is 13.2 Å². The number of rotatable bonds is 1. The number of carbonyl (C=O) groups is 1. The van der Waals surface area contributed by atoms with Crippen LogP contribution in [0.3, 0.4) is 0 Å². The molecule has 0 unspecified atom stereocenters. The molecule has 1 rings (SSSR count). The van der Waals surface area contributed by atoms with Crippen LogP contribution in [-0.4, -0.2) is 12.1 Å². The first-order valence-corrected chi connectivity index (χ1v) is 6.21. The number of hydrogen-bond donors (Lipinski definition) is 1. The first kappa shape index (κ1) is 14.0. The van der Waals surface area contributed by atoms with Gasteiger partial charge in [-0.25, -0.2) is 0 Å². The monoisotopic (exact) mass is 455 g/mol. The first-order valence-electron chi connectivity index (χ1n) is 4.05. The van der Waals surface area contributed by atoms with E-state index in [-0.39, 0.29) is 5.69 Å². The van der Waals surface area contributed by atoms with Crippen LogP contribution in [0.1, 0.15) is 5.56 Å². The summed E-state index contributed by atoms with van der Waals surface area (Å²) in [4.78, 5) is 10.7. The molecule has 0 saturated heterocycles. The molecule has 1 aromatic carbocycles. The van der Waals surface area contributed by atoms with Crippen LogP contribution in [0.15, 0.2) is 12.1 Å². The summed E-state index contributed by atoms with van der Waals surface area (Å²) in [7, 11) is 0. The van der Waals surface area contributed by atoms with Crippen molar-refractivity contribution in [2.75, 3.05) is 5.32 Å². The minimum absolute atomic E-state index is 0.181. The Balaban J connectivity index is 2.99. The molecule has 0 aromatic heterocycles. The fraction of sp³-hybridized carbons (Fsp3) is 0.222. The highest BCUT2D eigenvalue weighted by Crippen LogP contribution is 2.26. The second kappa shape index (κ2) is 5.07. The quantitative estimate of drug-likeness (QED) is 0.644. The van der Waals surface area contributed by atoms with Crippen molar-refractivity contribution in [3.05, 3.63) is 24.8 Å². The molecule has 1 amide bonds. The molecule has 0 bridgehead atoms. The SMILES string of the molecule is Cc1cc(NC(=O)C(F)(F)F)c(I)cc1I. The third-order valence-electron chi connectivity index (χ3n) is 1.75. The third-order valence-corrected chi connectivity index (χ3v) is 3.81. The van der Waals surface area contributed by atoms with E-state index in [0.717, 1.165) is 9.13 Å². The van der Waals surface area contributed by atoms with E-state index in [1.807, 2.05) is 27.9 Å². The molecule has 1 aromatic rings. The van der Waals surface area contributed by atoms with Crippen molar-refractivity contribution in [2.45, 2.75) is 13.1 Å². The number of alkyl halides is 3. The topological polar surface area (TPSA) is 29.1 Å². The Labute approximate surface area is 117 Å². The van der Waals surface area contributed by atoms with Crippen molar-refractivity contribution in [1.29, 1.82) is 0 Å². The van der Waals surface area contributed by atoms with Gasteiger partial charge in [0.2, 0.25) is 0 Å². The number of nitrogens with one attached hydrogen (secondary N) is 1. The zero-order chi connectivity index (χ0) is 12.5. The maximum Gasteiger partial charge on any atom is 0.471 e. The van der Waals surface area contributed by atoms with E-state index in [1.165, 1.54) is 6.07 Å². The molecule has 16 heavy (non-hydrogen) atoms. The van der Waals surface area contributed by atoms with E-state index in [2.05, 4.69) is 22.6 Å². The highest BCUT2D eigenvalue weighted by molar-refractivity contribution is 14.1. The third kappa shape index (κ3) is 3.47. The molecule has 88 valence electrons. The number of hydrogen-bond acceptors (Lipinski definition) is 1. The molecule has 0 radical (unpaired) electrons. The van der Waals surface area contributed by atoms with Crippen LogP contribution >= 0.6 is 45.2 Å². The summed E-state index contributed by atoms with van der Waals surface area (Å²) in [6.07, 6.45) is -4.86. The average molecular weight is 455 g/mol. The van der Waals surface area contributed by atoms with Crippen molar-refractivity contribution in [3.8, 4) is 0 Å². The summed E-state index contributed by atoms with van der Waals surface area (Å²) in [6, 6.07) is 3.23. The number of aryl methyl sites for hydroxylation is 1. The number of carbonyl (C=O) groups excluding carboxylic acids is 1. The van der Waals surface area contributed by atoms with Crippen LogP contribution in [-0.2, 0) is 4.79 Å². The first-order chi connectivity index (χ1) is 7.21. The smallest absolute Gasteiger partial charge is 0.317 e. The molecule has 0 saturated carbocycles. The van der Waals surface area contributed by atoms with E-state index in [4.69, 9.17) is 0 Å². The van der Waals surface area contributed by atoms with Gasteiger partial charge < -0.3 is 5.32 Å². The van der Waals surface area contributed by atoms with Gasteiger partial charge in [-0.15, -0.1) is 0 Å². The lowest BCUT2D eigenvalue weighted by molar-refractivity contribution is -0.167. The molecule has 2 nitrogen and oxygen atoms in total. The second-order valence-corrected chi connectivity index (χ2v) is 5.36. The van der Waals surface area contributed by atoms with Crippen LogP contribution in [0, 0.1) is 14.1 Å². The van der Waals surface area contributed by atoms with Gasteiger partial charge in [-0.05, 0) is 69.8 Å². The van der Waals surface area contributed by atoms with Crippen LogP contribution in [0.4, 0.5) is 18.9 Å². The number of anilines is 1. The normalized spacial score (nSPS) is 11.4. The molecular formula is C9H6F3I2NO. The molecule has 0 aliphatic carbocycles. The lowest BCUT2D eigenvalue weighted by Gasteiger charge is -2.11. The Bertz CT molecular complexity index is 431. The van der Waals surface area contributed by atoms with Crippen molar-refractivity contribution < 1.29 is 18.0 Å². The Morgan fingerprint density at radius 3 is 2.31 bits per heavy atom. The predicted molar refractivity (Wildman–Crippen MR) is 71.3 cm³/mol. The molecule has 7 heteroatoms. The number of amides is 1. The fourth-order valence-corrected chi connectivity index (χ4v) is 2.61. The van der Waals surface area contributed by atoms with Gasteiger partial charge in [-0.3, -0.25) is 4.79 Å². The zero-order valence-corrected chi connectivity index (χ0v) is 12.3. The summed E-state index contributed by atoms with van der Waals surface area (Å²) in [6.45, 7) is 1.76. The molecule has 0 fully saturated rings. The summed E-state index contributed by atoms with van der Waals surface area (Å²) < 4.78 is 37.6. The predicted octanol–water partition coefficient (Wildman–Crippen LogP) is 3.71. The standard InChI is InChI=1S/C9H6F3I2NO/c1-4-2-7(6(14)3-5(4)13)15-8(16)9(10,11)12/h2-3H,1H3,(H,15,16). The highest BCUT2D eigenvalue weighted by atomic mass is 127. The largest absolute Gasteiger partial charge is 0.471 e. The molecular weight excluding hydrogens is 449 g/mol. The maximum atomic E-state index is 12.0. The lowest BCUT2D eigenvalue weighted by Crippen LogP contribution is -2.30. The van der Waals surface area contributed by atoms with Crippen LogP contribution in [0.5, 0.6) is 0 Å². The average Bonchev–Trinajstić information content (AvgIpc) is 2.12. The Kier molecular flexibility index (Phi) is 4.43. The Hall–Kier alpha value is -0.0600. The minimum atomic E-state index is -4.86. The van der Waals surface area contributed by atoms with E-state index < -0.39 is 12.1 Å². The molecule has 0 heterocycles. The lowest BCUT2D eigenvalue weighted by atomic mass is 10.2. The van der Waals surface area contributed by atoms with Crippen LogP contribution in [0.2, 0.25) is 0 Å². The maximum absolute atomic E-state index is 12.0. The zero-order valence-electron chi connectivity index (χ0n) is 7.95. The summed E-state index contributed by atoms with van der Waals surface area (Å²) >= 11 is 3.95. The van der Waals surface area contributed by atoms with E-state index >= 15 is 0 Å². The Morgan fingerprint density at radius 1 is 1.25 bits per heavy atom. The molecule has 1 N–H and O–H groups in total. The summed E-state index contributed by atoms with van der Waals surface area (Å²) in [5.74, 6) is -1.95. The van der Waals surface area contributed by atoms with E-state index in [1.54, 1.807) is 13.0 Å². The Morgan fingerprint density at radius 2 is 1.81 bits per heavy atom. The fourth-order valence-electron chi connectivity index (χ4n) is 0.946. The van der Waals surface area contributed by atoms with Gasteiger partial charge in [0.25, 0.3) is 0 Å². The molecule has 0 aliphatic rings. The van der Waals surface area contributed by atoms with Gasteiger partial charge in [0.05, 0.1) is 5.69 Å². The van der Waals surface area contributed by atoms with Gasteiger partial charge >= 0.3 is 12.1 Å². The highest BCUT2D eigenvalue weighted by Gasteiger charge is 2.38. The van der Waals surface area contributed by atoms with Gasteiger partial charge in [0, 0.05) is 7.14 Å². The van der Waals surface area contributed by atoms with Crippen LogP contribution in [0.25, 0.3) is 0 Å².